The molecule has 0 unspecified atom stereocenters. The van der Waals surface area contributed by atoms with Crippen molar-refractivity contribution in [2.75, 3.05) is 70.3 Å². The summed E-state index contributed by atoms with van der Waals surface area (Å²) in [5.41, 5.74) is 7.92. The first-order valence-corrected chi connectivity index (χ1v) is 7.69. The highest BCUT2D eigenvalue weighted by Crippen LogP contribution is 2.19. The molecule has 0 aromatic heterocycles. The number of ether oxygens (including phenoxy) is 2. The molecule has 0 bridgehead atoms. The van der Waals surface area contributed by atoms with Crippen LogP contribution < -0.4 is 10.6 Å². The summed E-state index contributed by atoms with van der Waals surface area (Å²) in [6.45, 7) is 7.64. The van der Waals surface area contributed by atoms with E-state index in [1.54, 1.807) is 7.11 Å². The topological polar surface area (TPSA) is 51.0 Å². The van der Waals surface area contributed by atoms with Crippen molar-refractivity contribution in [3.8, 4) is 0 Å². The lowest BCUT2D eigenvalue weighted by atomic mass is 10.2. The summed E-state index contributed by atoms with van der Waals surface area (Å²) in [6.07, 6.45) is 1.09. The maximum absolute atomic E-state index is 5.85. The summed E-state index contributed by atoms with van der Waals surface area (Å²) < 4.78 is 10.4. The van der Waals surface area contributed by atoms with Crippen molar-refractivity contribution >= 4 is 11.4 Å². The van der Waals surface area contributed by atoms with Crippen LogP contribution in [0.3, 0.4) is 0 Å². The first-order valence-electron chi connectivity index (χ1n) is 7.69. The van der Waals surface area contributed by atoms with E-state index in [0.717, 1.165) is 51.4 Å². The minimum Gasteiger partial charge on any atom is -0.399 e. The zero-order valence-electron chi connectivity index (χ0n) is 13.0. The van der Waals surface area contributed by atoms with Crippen molar-refractivity contribution in [2.45, 2.75) is 6.42 Å². The minimum atomic E-state index is 0.679. The van der Waals surface area contributed by atoms with E-state index < -0.39 is 0 Å². The molecule has 0 radical (unpaired) electrons. The van der Waals surface area contributed by atoms with Crippen molar-refractivity contribution in [2.24, 2.45) is 0 Å². The van der Waals surface area contributed by atoms with Crippen LogP contribution in [0.15, 0.2) is 24.3 Å². The summed E-state index contributed by atoms with van der Waals surface area (Å²) in [5, 5.41) is 0. The normalized spacial score (nSPS) is 16.3. The van der Waals surface area contributed by atoms with E-state index in [0.29, 0.717) is 13.2 Å². The minimum absolute atomic E-state index is 0.679. The Kier molecular flexibility index (Phi) is 6.79. The fraction of sp³-hybridized carbons (Fsp3) is 0.625. The molecule has 2 rings (SSSR count). The van der Waals surface area contributed by atoms with Crippen LogP contribution in [0.2, 0.25) is 0 Å². The van der Waals surface area contributed by atoms with E-state index >= 15 is 0 Å². The lowest BCUT2D eigenvalue weighted by molar-refractivity contribution is 0.0649. The zero-order chi connectivity index (χ0) is 14.9. The number of benzene rings is 1. The molecular formula is C16H27N3O2. The van der Waals surface area contributed by atoms with Crippen LogP contribution in [-0.2, 0) is 9.47 Å². The van der Waals surface area contributed by atoms with Gasteiger partial charge in [0.1, 0.15) is 0 Å². The highest BCUT2D eigenvalue weighted by atomic mass is 16.5. The maximum atomic E-state index is 5.85. The van der Waals surface area contributed by atoms with Gasteiger partial charge in [-0.25, -0.2) is 0 Å². The number of piperazine rings is 1. The van der Waals surface area contributed by atoms with Gasteiger partial charge in [0.15, 0.2) is 0 Å². The molecular weight excluding hydrogens is 266 g/mol. The van der Waals surface area contributed by atoms with E-state index in [1.807, 2.05) is 12.1 Å². The van der Waals surface area contributed by atoms with Gasteiger partial charge in [-0.2, -0.15) is 0 Å². The molecule has 1 heterocycles. The lowest BCUT2D eigenvalue weighted by Crippen LogP contribution is -2.46. The Bertz CT molecular complexity index is 406. The number of nitrogens with zero attached hydrogens (tertiary/aromatic N) is 2. The predicted molar refractivity (Wildman–Crippen MR) is 86.8 cm³/mol. The average Bonchev–Trinajstić information content (AvgIpc) is 2.51. The fourth-order valence-electron chi connectivity index (χ4n) is 2.59. The Morgan fingerprint density at radius 2 is 1.90 bits per heavy atom. The number of rotatable bonds is 8. The quantitative estimate of drug-likeness (QED) is 0.581. The van der Waals surface area contributed by atoms with E-state index in [1.165, 1.54) is 5.69 Å². The van der Waals surface area contributed by atoms with E-state index in [-0.39, 0.29) is 0 Å². The SMILES string of the molecule is COCCOCCCN1CCN(c2cccc(N)c2)CC1. The average molecular weight is 293 g/mol. The second-order valence-corrected chi connectivity index (χ2v) is 5.38. The van der Waals surface area contributed by atoms with Crippen molar-refractivity contribution in [3.05, 3.63) is 24.3 Å². The number of hydrogen-bond donors (Lipinski definition) is 1. The molecule has 0 saturated carbocycles. The third-order valence-corrected chi connectivity index (χ3v) is 3.80. The van der Waals surface area contributed by atoms with Crippen molar-refractivity contribution in [1.82, 2.24) is 4.90 Å². The Morgan fingerprint density at radius 1 is 1.10 bits per heavy atom. The monoisotopic (exact) mass is 293 g/mol. The van der Waals surface area contributed by atoms with Gasteiger partial charge in [-0.3, -0.25) is 4.90 Å². The third-order valence-electron chi connectivity index (χ3n) is 3.80. The van der Waals surface area contributed by atoms with E-state index in [2.05, 4.69) is 21.9 Å². The summed E-state index contributed by atoms with van der Waals surface area (Å²) >= 11 is 0. The summed E-state index contributed by atoms with van der Waals surface area (Å²) in [7, 11) is 1.70. The molecule has 0 atom stereocenters. The second kappa shape index (κ2) is 8.87. The Hall–Kier alpha value is -1.30. The second-order valence-electron chi connectivity index (χ2n) is 5.38. The van der Waals surface area contributed by atoms with Crippen LogP contribution in [-0.4, -0.2) is 64.6 Å². The van der Waals surface area contributed by atoms with Gasteiger partial charge in [-0.15, -0.1) is 0 Å². The standard InChI is InChI=1S/C16H27N3O2/c1-20-12-13-21-11-3-6-18-7-9-19(10-8-18)16-5-2-4-15(17)14-16/h2,4-5,14H,3,6-13,17H2,1H3. The molecule has 1 aromatic rings. The van der Waals surface area contributed by atoms with E-state index in [4.69, 9.17) is 15.2 Å². The first-order chi connectivity index (χ1) is 10.3. The van der Waals surface area contributed by atoms with Gasteiger partial charge in [0, 0.05) is 57.8 Å². The number of nitrogens with two attached hydrogens (primary N) is 1. The van der Waals surface area contributed by atoms with Crippen LogP contribution in [0.25, 0.3) is 0 Å². The number of nitrogen functional groups attached to an aromatic ring is 1. The van der Waals surface area contributed by atoms with Crippen molar-refractivity contribution < 1.29 is 9.47 Å². The van der Waals surface area contributed by atoms with Crippen LogP contribution >= 0.6 is 0 Å². The van der Waals surface area contributed by atoms with Crippen LogP contribution in [0.5, 0.6) is 0 Å². The van der Waals surface area contributed by atoms with Crippen LogP contribution in [0.1, 0.15) is 6.42 Å². The molecule has 0 spiro atoms. The van der Waals surface area contributed by atoms with Gasteiger partial charge >= 0.3 is 0 Å². The van der Waals surface area contributed by atoms with Gasteiger partial charge in [0.05, 0.1) is 13.2 Å². The molecule has 118 valence electrons. The molecule has 5 heteroatoms. The number of methoxy groups -OCH3 is 1. The van der Waals surface area contributed by atoms with Gasteiger partial charge in [-0.1, -0.05) is 6.07 Å². The molecule has 0 aliphatic carbocycles. The first kappa shape index (κ1) is 16.1. The Balaban J connectivity index is 1.62. The van der Waals surface area contributed by atoms with Gasteiger partial charge in [-0.05, 0) is 24.6 Å². The molecule has 5 nitrogen and oxygen atoms in total. The largest absolute Gasteiger partial charge is 0.399 e. The summed E-state index contributed by atoms with van der Waals surface area (Å²) in [5.74, 6) is 0. The molecule has 1 fully saturated rings. The third kappa shape index (κ3) is 5.53. The molecule has 1 aliphatic heterocycles. The predicted octanol–water partition coefficient (Wildman–Crippen LogP) is 1.44. The van der Waals surface area contributed by atoms with Crippen LogP contribution in [0, 0.1) is 0 Å². The lowest BCUT2D eigenvalue weighted by Gasteiger charge is -2.36. The van der Waals surface area contributed by atoms with Crippen LogP contribution in [0.4, 0.5) is 11.4 Å². The smallest absolute Gasteiger partial charge is 0.0700 e. The number of anilines is 2. The molecule has 21 heavy (non-hydrogen) atoms. The van der Waals surface area contributed by atoms with Crippen molar-refractivity contribution in [1.29, 1.82) is 0 Å². The molecule has 2 N–H and O–H groups in total. The molecule has 1 saturated heterocycles. The van der Waals surface area contributed by atoms with Gasteiger partial charge in [0.2, 0.25) is 0 Å². The fourth-order valence-corrected chi connectivity index (χ4v) is 2.59. The van der Waals surface area contributed by atoms with Gasteiger partial charge < -0.3 is 20.1 Å². The summed E-state index contributed by atoms with van der Waals surface area (Å²) in [6, 6.07) is 8.15. The molecule has 1 aliphatic rings. The molecule has 1 aromatic carbocycles. The zero-order valence-corrected chi connectivity index (χ0v) is 13.0. The number of hydrogen-bond acceptors (Lipinski definition) is 5. The van der Waals surface area contributed by atoms with E-state index in [9.17, 15) is 0 Å². The highest BCUT2D eigenvalue weighted by molar-refractivity contribution is 5.56. The Morgan fingerprint density at radius 3 is 2.62 bits per heavy atom. The highest BCUT2D eigenvalue weighted by Gasteiger charge is 2.16. The van der Waals surface area contributed by atoms with Gasteiger partial charge in [0.25, 0.3) is 0 Å². The van der Waals surface area contributed by atoms with Crippen molar-refractivity contribution in [3.63, 3.8) is 0 Å². The summed E-state index contributed by atoms with van der Waals surface area (Å²) in [4.78, 5) is 4.91. The molecule has 0 amide bonds. The Labute approximate surface area is 127 Å². The maximum Gasteiger partial charge on any atom is 0.0700 e.